The van der Waals surface area contributed by atoms with Crippen LogP contribution < -0.4 is 5.32 Å². The number of aryl methyl sites for hydroxylation is 1. The highest BCUT2D eigenvalue weighted by atomic mass is 35.5. The molecule has 0 unspecified atom stereocenters. The molecule has 224 valence electrons. The monoisotopic (exact) mass is 599 g/mol. The minimum Gasteiger partial charge on any atom is -0.481 e. The summed E-state index contributed by atoms with van der Waals surface area (Å²) in [5.74, 6) is -2.40. The number of hydrogen-bond acceptors (Lipinski definition) is 6. The lowest BCUT2D eigenvalue weighted by Gasteiger charge is -2.29. The van der Waals surface area contributed by atoms with E-state index in [-0.39, 0.29) is 53.1 Å². The van der Waals surface area contributed by atoms with Gasteiger partial charge in [0.25, 0.3) is 5.91 Å². The fourth-order valence-corrected chi connectivity index (χ4v) is 6.05. The van der Waals surface area contributed by atoms with Gasteiger partial charge in [0.05, 0.1) is 40.9 Å². The van der Waals surface area contributed by atoms with Gasteiger partial charge in [0, 0.05) is 37.1 Å². The molecule has 3 aromatic rings. The number of aromatic nitrogens is 1. The van der Waals surface area contributed by atoms with E-state index in [9.17, 15) is 18.8 Å². The summed E-state index contributed by atoms with van der Waals surface area (Å²) in [5.41, 5.74) is 1.58. The Hall–Kier alpha value is -3.31. The number of halogens is 2. The Labute approximate surface area is 248 Å². The first-order valence-corrected chi connectivity index (χ1v) is 14.7. The molecule has 2 aliphatic rings. The summed E-state index contributed by atoms with van der Waals surface area (Å²) in [7, 11) is 1.84. The molecule has 1 saturated carbocycles. The largest absolute Gasteiger partial charge is 0.481 e. The second kappa shape index (κ2) is 13.3. The SMILES string of the molecule is Cn1cc(C(=O)Nc2cc(F)c(CC(=O)CON3CCC[C@@H]3CO[C@H]3CC[C@H](C(=O)O)CC3)cc2Cl)c2ccccc21. The number of ether oxygens (including phenoxy) is 1. The van der Waals surface area contributed by atoms with Crippen molar-refractivity contribution in [3.05, 3.63) is 64.6 Å². The lowest BCUT2D eigenvalue weighted by Crippen LogP contribution is -2.37. The maximum atomic E-state index is 15.0. The number of rotatable bonds is 11. The number of hydrogen-bond donors (Lipinski definition) is 2. The van der Waals surface area contributed by atoms with Crippen LogP contribution in [0, 0.1) is 11.7 Å². The van der Waals surface area contributed by atoms with Crippen LogP contribution in [0.2, 0.25) is 5.02 Å². The normalized spacial score (nSPS) is 21.1. The molecule has 2 N–H and O–H groups in total. The number of anilines is 1. The van der Waals surface area contributed by atoms with Crippen molar-refractivity contribution in [1.29, 1.82) is 0 Å². The molecule has 2 heterocycles. The van der Waals surface area contributed by atoms with E-state index >= 15 is 0 Å². The van der Waals surface area contributed by atoms with E-state index in [0.29, 0.717) is 31.6 Å². The highest BCUT2D eigenvalue weighted by Gasteiger charge is 2.30. The summed E-state index contributed by atoms with van der Waals surface area (Å²) in [6.45, 7) is 0.905. The number of carboxylic acids is 1. The minimum absolute atomic E-state index is 0.00538. The van der Waals surface area contributed by atoms with Crippen molar-refractivity contribution in [3.63, 3.8) is 0 Å². The average Bonchev–Trinajstić information content (AvgIpc) is 3.57. The van der Waals surface area contributed by atoms with Crippen molar-refractivity contribution in [1.82, 2.24) is 9.63 Å². The predicted octanol–water partition coefficient (Wildman–Crippen LogP) is 5.39. The number of nitrogens with one attached hydrogen (secondary N) is 1. The van der Waals surface area contributed by atoms with Crippen LogP contribution in [0.1, 0.15) is 54.4 Å². The number of ketones is 1. The van der Waals surface area contributed by atoms with Crippen LogP contribution in [0.3, 0.4) is 0 Å². The van der Waals surface area contributed by atoms with Crippen LogP contribution in [0.25, 0.3) is 10.9 Å². The Kier molecular flexibility index (Phi) is 9.57. The van der Waals surface area contributed by atoms with Crippen LogP contribution in [0.15, 0.2) is 42.6 Å². The van der Waals surface area contributed by atoms with Gasteiger partial charge >= 0.3 is 5.97 Å². The molecule has 9 nitrogen and oxygen atoms in total. The first kappa shape index (κ1) is 30.2. The molecule has 11 heteroatoms. The zero-order valence-electron chi connectivity index (χ0n) is 23.5. The molecule has 1 saturated heterocycles. The molecule has 1 amide bonds. The van der Waals surface area contributed by atoms with Crippen LogP contribution in [0.4, 0.5) is 10.1 Å². The Morgan fingerprint density at radius 1 is 1.12 bits per heavy atom. The number of carbonyl (C=O) groups excluding carboxylic acids is 2. The molecule has 1 atom stereocenters. The van der Waals surface area contributed by atoms with E-state index in [1.807, 2.05) is 35.9 Å². The zero-order valence-corrected chi connectivity index (χ0v) is 24.2. The molecule has 1 aliphatic carbocycles. The van der Waals surface area contributed by atoms with E-state index < -0.39 is 17.7 Å². The third-order valence-electron chi connectivity index (χ3n) is 8.18. The van der Waals surface area contributed by atoms with Crippen molar-refractivity contribution in [2.75, 3.05) is 25.1 Å². The number of benzene rings is 2. The lowest BCUT2D eigenvalue weighted by atomic mass is 9.87. The highest BCUT2D eigenvalue weighted by molar-refractivity contribution is 6.34. The second-order valence-corrected chi connectivity index (χ2v) is 11.5. The van der Waals surface area contributed by atoms with E-state index in [0.717, 1.165) is 42.7 Å². The van der Waals surface area contributed by atoms with Crippen molar-refractivity contribution >= 4 is 45.9 Å². The van der Waals surface area contributed by atoms with Gasteiger partial charge in [-0.3, -0.25) is 19.2 Å². The summed E-state index contributed by atoms with van der Waals surface area (Å²) >= 11 is 6.38. The third-order valence-corrected chi connectivity index (χ3v) is 8.49. The van der Waals surface area contributed by atoms with Gasteiger partial charge in [-0.1, -0.05) is 29.8 Å². The maximum Gasteiger partial charge on any atom is 0.306 e. The third kappa shape index (κ3) is 7.00. The van der Waals surface area contributed by atoms with Gasteiger partial charge in [0.1, 0.15) is 12.4 Å². The number of para-hydroxylation sites is 1. The van der Waals surface area contributed by atoms with Gasteiger partial charge in [0.2, 0.25) is 0 Å². The van der Waals surface area contributed by atoms with Crippen molar-refractivity contribution < 1.29 is 33.5 Å². The zero-order chi connectivity index (χ0) is 29.8. The number of carbonyl (C=O) groups is 3. The van der Waals surface area contributed by atoms with Crippen LogP contribution in [-0.4, -0.2) is 64.3 Å². The summed E-state index contributed by atoms with van der Waals surface area (Å²) in [4.78, 5) is 42.6. The Morgan fingerprint density at radius 3 is 2.64 bits per heavy atom. The first-order valence-electron chi connectivity index (χ1n) is 14.3. The van der Waals surface area contributed by atoms with E-state index in [1.54, 1.807) is 11.3 Å². The van der Waals surface area contributed by atoms with Gasteiger partial charge in [-0.15, -0.1) is 0 Å². The molecule has 0 bridgehead atoms. The standard InChI is InChI=1S/C31H35ClFN3O6/c1-35-16-25(24-6-2-3-7-29(24)35)30(38)34-28-15-27(33)20(14-26(28)32)13-22(37)18-42-36-12-4-5-21(36)17-41-23-10-8-19(9-11-23)31(39)40/h2-3,6-7,14-16,19,21,23H,4-5,8-13,17-18H2,1H3,(H,34,38)(H,39,40)/t19-,21-,23-/m1/s1. The Balaban J connectivity index is 1.11. The second-order valence-electron chi connectivity index (χ2n) is 11.1. The number of carboxylic acid groups (broad SMARTS) is 1. The predicted molar refractivity (Wildman–Crippen MR) is 156 cm³/mol. The molecule has 0 spiro atoms. The molecular weight excluding hydrogens is 565 g/mol. The molecular formula is C31H35ClFN3O6. The summed E-state index contributed by atoms with van der Waals surface area (Å²) in [5, 5.41) is 14.5. The number of amides is 1. The molecule has 42 heavy (non-hydrogen) atoms. The molecule has 0 radical (unpaired) electrons. The van der Waals surface area contributed by atoms with Gasteiger partial charge in [0.15, 0.2) is 5.78 Å². The van der Waals surface area contributed by atoms with Crippen molar-refractivity contribution in [3.8, 4) is 0 Å². The number of aliphatic carboxylic acids is 1. The van der Waals surface area contributed by atoms with Gasteiger partial charge in [-0.05, 0) is 62.3 Å². The minimum atomic E-state index is -0.741. The van der Waals surface area contributed by atoms with Gasteiger partial charge < -0.3 is 19.7 Å². The van der Waals surface area contributed by atoms with Gasteiger partial charge in [-0.2, -0.15) is 5.06 Å². The molecule has 2 fully saturated rings. The lowest BCUT2D eigenvalue weighted by molar-refractivity contribution is -0.186. The maximum absolute atomic E-state index is 15.0. The van der Waals surface area contributed by atoms with Gasteiger partial charge in [-0.25, -0.2) is 4.39 Å². The van der Waals surface area contributed by atoms with E-state index in [4.69, 9.17) is 26.3 Å². The number of hydroxylamine groups is 2. The Morgan fingerprint density at radius 2 is 1.88 bits per heavy atom. The quantitative estimate of drug-likeness (QED) is 0.304. The number of Topliss-reactive ketones (excluding diaryl/α,β-unsaturated/α-hetero) is 1. The average molecular weight is 600 g/mol. The van der Waals surface area contributed by atoms with Crippen LogP contribution in [0.5, 0.6) is 0 Å². The van der Waals surface area contributed by atoms with E-state index in [1.165, 1.54) is 6.07 Å². The molecule has 5 rings (SSSR count). The highest BCUT2D eigenvalue weighted by Crippen LogP contribution is 2.29. The first-order chi connectivity index (χ1) is 20.2. The molecule has 1 aliphatic heterocycles. The summed E-state index contributed by atoms with van der Waals surface area (Å²) in [6, 6.07) is 9.97. The Bertz CT molecular complexity index is 1470. The summed E-state index contributed by atoms with van der Waals surface area (Å²) in [6.07, 6.45) is 6.02. The van der Waals surface area contributed by atoms with E-state index in [2.05, 4.69) is 5.32 Å². The van der Waals surface area contributed by atoms with Crippen molar-refractivity contribution in [2.45, 2.75) is 57.1 Å². The molecule has 1 aromatic heterocycles. The number of fused-ring (bicyclic) bond motifs is 1. The topological polar surface area (TPSA) is 110 Å². The van der Waals surface area contributed by atoms with Crippen molar-refractivity contribution in [2.24, 2.45) is 13.0 Å². The number of nitrogens with zero attached hydrogens (tertiary/aromatic N) is 2. The summed E-state index contributed by atoms with van der Waals surface area (Å²) < 4.78 is 22.9. The molecule has 2 aromatic carbocycles. The fourth-order valence-electron chi connectivity index (χ4n) is 5.82. The van der Waals surface area contributed by atoms with Crippen LogP contribution in [-0.2, 0) is 32.6 Å². The fraction of sp³-hybridized carbons (Fsp3) is 0.452. The van der Waals surface area contributed by atoms with Crippen LogP contribution >= 0.6 is 11.6 Å². The smallest absolute Gasteiger partial charge is 0.306 e.